The Hall–Kier alpha value is -2.39. The van der Waals surface area contributed by atoms with E-state index in [9.17, 15) is 14.4 Å². The highest BCUT2D eigenvalue weighted by molar-refractivity contribution is 6.48. The summed E-state index contributed by atoms with van der Waals surface area (Å²) in [6.07, 6.45) is 3.44. The minimum atomic E-state index is -0.653. The minimum absolute atomic E-state index is 0.0358. The fraction of sp³-hybridized carbons (Fsp3) is 0.700. The number of carbonyl (C=O) groups excluding carboxylic acids is 3. The van der Waals surface area contributed by atoms with E-state index >= 15 is 0 Å². The van der Waals surface area contributed by atoms with Crippen LogP contribution in [0.4, 0.5) is 0 Å². The van der Waals surface area contributed by atoms with Gasteiger partial charge in [-0.2, -0.15) is 0 Å². The van der Waals surface area contributed by atoms with Crippen molar-refractivity contribution in [2.45, 2.75) is 110 Å². The number of methoxy groups -OCH3 is 1. The van der Waals surface area contributed by atoms with Gasteiger partial charge in [0, 0.05) is 12.8 Å². The Morgan fingerprint density at radius 3 is 2.49 bits per heavy atom. The summed E-state index contributed by atoms with van der Waals surface area (Å²) in [7, 11) is 0.872. The van der Waals surface area contributed by atoms with Crippen molar-refractivity contribution in [2.75, 3.05) is 7.11 Å². The number of nitrogens with one attached hydrogen (secondary N) is 1. The van der Waals surface area contributed by atoms with E-state index in [2.05, 4.69) is 26.1 Å². The number of hydrogen-bond acceptors (Lipinski definition) is 7. The number of ketones is 1. The molecule has 5 unspecified atom stereocenters. The third kappa shape index (κ3) is 6.04. The minimum Gasteiger partial charge on any atom is -0.496 e. The topological polar surface area (TPSA) is 100 Å². The lowest BCUT2D eigenvalue weighted by Crippen LogP contribution is -2.65. The van der Waals surface area contributed by atoms with Crippen LogP contribution in [0.2, 0.25) is 0 Å². The van der Waals surface area contributed by atoms with E-state index < -0.39 is 30.2 Å². The average Bonchev–Trinajstić information content (AvgIpc) is 3.19. The summed E-state index contributed by atoms with van der Waals surface area (Å²) in [5, 5.41) is 3.12. The van der Waals surface area contributed by atoms with Crippen LogP contribution in [-0.4, -0.2) is 55.1 Å². The fourth-order valence-electron chi connectivity index (χ4n) is 6.78. The number of carbonyl (C=O) groups is 3. The van der Waals surface area contributed by atoms with Gasteiger partial charge in [-0.3, -0.25) is 4.79 Å². The summed E-state index contributed by atoms with van der Waals surface area (Å²) in [6, 6.07) is 5.35. The quantitative estimate of drug-likeness (QED) is 0.339. The molecule has 1 aromatic rings. The van der Waals surface area contributed by atoms with Crippen LogP contribution in [0.15, 0.2) is 18.2 Å². The first-order valence-corrected chi connectivity index (χ1v) is 14.2. The third-order valence-corrected chi connectivity index (χ3v) is 8.94. The Morgan fingerprint density at radius 1 is 1.15 bits per heavy atom. The van der Waals surface area contributed by atoms with E-state index in [0.717, 1.165) is 18.4 Å². The second kappa shape index (κ2) is 10.9. The molecular formula is C30H44BNO7. The standard InChI is InChI=1S/C30H44BNO7/c1-18(33)11-9-14-25(34)32-24(31-38-23-17-20-16-22(29(20,5)6)30(23,7)39-31)15-19-12-10-13-21(26(19)36-8)27(35)37-28(2,3)4/h10,12-13,20,22-24H,9,11,14-17H2,1-8H3,(H,32,34). The molecule has 1 heterocycles. The van der Waals surface area contributed by atoms with Crippen LogP contribution >= 0.6 is 0 Å². The van der Waals surface area contributed by atoms with Crippen LogP contribution in [0.25, 0.3) is 0 Å². The highest BCUT2D eigenvalue weighted by atomic mass is 16.7. The summed E-state index contributed by atoms with van der Waals surface area (Å²) in [6.45, 7) is 13.8. The zero-order valence-corrected chi connectivity index (χ0v) is 24.7. The third-order valence-electron chi connectivity index (χ3n) is 8.94. The van der Waals surface area contributed by atoms with Gasteiger partial charge in [-0.05, 0) is 89.2 Å². The number of esters is 1. The number of amides is 1. The zero-order valence-electron chi connectivity index (χ0n) is 24.7. The van der Waals surface area contributed by atoms with Gasteiger partial charge in [-0.15, -0.1) is 0 Å². The second-order valence-electron chi connectivity index (χ2n) is 13.3. The van der Waals surface area contributed by atoms with Gasteiger partial charge in [-0.25, -0.2) is 4.79 Å². The molecule has 4 aliphatic rings. The van der Waals surface area contributed by atoms with E-state index in [4.69, 9.17) is 18.8 Å². The predicted octanol–water partition coefficient (Wildman–Crippen LogP) is 4.70. The van der Waals surface area contributed by atoms with Gasteiger partial charge in [0.25, 0.3) is 0 Å². The maximum atomic E-state index is 13.0. The Morgan fingerprint density at radius 2 is 1.87 bits per heavy atom. The maximum Gasteiger partial charge on any atom is 0.482 e. The first-order valence-electron chi connectivity index (χ1n) is 14.2. The summed E-state index contributed by atoms with van der Waals surface area (Å²) in [4.78, 5) is 37.3. The molecule has 3 aliphatic carbocycles. The van der Waals surface area contributed by atoms with Crippen LogP contribution in [-0.2, 0) is 30.1 Å². The number of Topliss-reactive ketones (excluding diaryl/α,β-unsaturated/α-hetero) is 1. The van der Waals surface area contributed by atoms with Crippen molar-refractivity contribution < 1.29 is 33.2 Å². The van der Waals surface area contributed by atoms with E-state index in [1.54, 1.807) is 12.1 Å². The Balaban J connectivity index is 1.59. The van der Waals surface area contributed by atoms with Gasteiger partial charge in [0.05, 0.1) is 24.8 Å². The van der Waals surface area contributed by atoms with Crippen LogP contribution in [0.3, 0.4) is 0 Å². The lowest BCUT2D eigenvalue weighted by Gasteiger charge is -2.64. The molecule has 1 N–H and O–H groups in total. The Labute approximate surface area is 233 Å². The normalized spacial score (nSPS) is 27.7. The number of rotatable bonds is 10. The second-order valence-corrected chi connectivity index (χ2v) is 13.3. The molecule has 5 rings (SSSR count). The molecule has 9 heteroatoms. The number of ether oxygens (including phenoxy) is 2. The van der Waals surface area contributed by atoms with Crippen molar-refractivity contribution in [1.29, 1.82) is 0 Å². The van der Waals surface area contributed by atoms with Crippen molar-refractivity contribution in [1.82, 2.24) is 5.32 Å². The van der Waals surface area contributed by atoms with E-state index in [-0.39, 0.29) is 29.6 Å². The van der Waals surface area contributed by atoms with E-state index in [1.807, 2.05) is 26.8 Å². The van der Waals surface area contributed by atoms with Crippen molar-refractivity contribution in [2.24, 2.45) is 17.3 Å². The SMILES string of the molecule is COc1c(CC(NC(=O)CCCC(C)=O)B2OC3CC4CC(C4(C)C)C3(C)O2)cccc1C(=O)OC(C)(C)C. The molecule has 1 aromatic carbocycles. The van der Waals surface area contributed by atoms with E-state index in [1.165, 1.54) is 14.0 Å². The van der Waals surface area contributed by atoms with Gasteiger partial charge in [0.15, 0.2) is 0 Å². The fourth-order valence-corrected chi connectivity index (χ4v) is 6.78. The lowest BCUT2D eigenvalue weighted by atomic mass is 9.43. The largest absolute Gasteiger partial charge is 0.496 e. The summed E-state index contributed by atoms with van der Waals surface area (Å²) < 4.78 is 24.6. The molecule has 0 radical (unpaired) electrons. The van der Waals surface area contributed by atoms with E-state index in [0.29, 0.717) is 42.4 Å². The van der Waals surface area contributed by atoms with Gasteiger partial charge in [0.1, 0.15) is 22.7 Å². The predicted molar refractivity (Wildman–Crippen MR) is 148 cm³/mol. The molecule has 39 heavy (non-hydrogen) atoms. The average molecular weight is 541 g/mol. The number of para-hydroxylation sites is 1. The van der Waals surface area contributed by atoms with Crippen molar-refractivity contribution in [3.05, 3.63) is 29.3 Å². The monoisotopic (exact) mass is 541 g/mol. The van der Waals surface area contributed by atoms with Gasteiger partial charge < -0.3 is 28.9 Å². The van der Waals surface area contributed by atoms with Crippen molar-refractivity contribution in [3.63, 3.8) is 0 Å². The first-order chi connectivity index (χ1) is 18.2. The molecule has 8 nitrogen and oxygen atoms in total. The molecule has 4 fully saturated rings. The molecule has 5 atom stereocenters. The molecule has 0 spiro atoms. The summed E-state index contributed by atoms with van der Waals surface area (Å²) in [5.41, 5.74) is 0.183. The van der Waals surface area contributed by atoms with Crippen LogP contribution < -0.4 is 10.1 Å². The molecule has 2 bridgehead atoms. The van der Waals surface area contributed by atoms with Crippen molar-refractivity contribution in [3.8, 4) is 5.75 Å². The molecule has 0 aromatic heterocycles. The summed E-state index contributed by atoms with van der Waals surface area (Å²) in [5.74, 6) is 0.307. The highest BCUT2D eigenvalue weighted by Crippen LogP contribution is 2.65. The van der Waals surface area contributed by atoms with Gasteiger partial charge in [0.2, 0.25) is 5.91 Å². The number of hydrogen-bond donors (Lipinski definition) is 1. The summed E-state index contributed by atoms with van der Waals surface area (Å²) >= 11 is 0. The van der Waals surface area contributed by atoms with Crippen molar-refractivity contribution >= 4 is 24.8 Å². The molecule has 1 amide bonds. The molecular weight excluding hydrogens is 497 g/mol. The Bertz CT molecular complexity index is 1110. The zero-order chi connectivity index (χ0) is 28.8. The molecule has 3 saturated carbocycles. The maximum absolute atomic E-state index is 13.0. The Kier molecular flexibility index (Phi) is 8.26. The smallest absolute Gasteiger partial charge is 0.482 e. The highest BCUT2D eigenvalue weighted by Gasteiger charge is 2.68. The first kappa shape index (κ1) is 29.6. The molecule has 1 saturated heterocycles. The molecule has 1 aliphatic heterocycles. The lowest BCUT2D eigenvalue weighted by molar-refractivity contribution is -0.199. The van der Waals surface area contributed by atoms with Gasteiger partial charge in [-0.1, -0.05) is 26.0 Å². The number of benzene rings is 1. The van der Waals surface area contributed by atoms with Crippen LogP contribution in [0, 0.1) is 17.3 Å². The van der Waals surface area contributed by atoms with Gasteiger partial charge >= 0.3 is 13.1 Å². The molecule has 214 valence electrons. The van der Waals surface area contributed by atoms with Crippen LogP contribution in [0.5, 0.6) is 5.75 Å². The van der Waals surface area contributed by atoms with Crippen LogP contribution in [0.1, 0.15) is 96.5 Å².